The van der Waals surface area contributed by atoms with Crippen molar-refractivity contribution in [3.05, 3.63) is 52.6 Å². The molecule has 0 aliphatic carbocycles. The van der Waals surface area contributed by atoms with E-state index in [1.54, 1.807) is 31.4 Å². The Labute approximate surface area is 156 Å². The average Bonchev–Trinajstić information content (AvgIpc) is 2.67. The van der Waals surface area contributed by atoms with Crippen LogP contribution in [0.2, 0.25) is 5.02 Å². The molecular formula is C19H17ClN2O4. The van der Waals surface area contributed by atoms with E-state index >= 15 is 0 Å². The molecule has 0 aliphatic heterocycles. The van der Waals surface area contributed by atoms with Crippen molar-refractivity contribution in [1.29, 1.82) is 5.26 Å². The maximum absolute atomic E-state index is 12.5. The predicted molar refractivity (Wildman–Crippen MR) is 99.8 cm³/mol. The molecule has 0 saturated carbocycles. The molecule has 2 aromatic rings. The third kappa shape index (κ3) is 4.47. The summed E-state index contributed by atoms with van der Waals surface area (Å²) in [6.45, 7) is 0. The summed E-state index contributed by atoms with van der Waals surface area (Å²) in [6, 6.07) is 11.9. The first-order valence-corrected chi connectivity index (χ1v) is 7.89. The molecule has 0 heterocycles. The van der Waals surface area contributed by atoms with Crippen LogP contribution in [-0.2, 0) is 4.79 Å². The minimum Gasteiger partial charge on any atom is -0.497 e. The molecule has 0 unspecified atom stereocenters. The minimum absolute atomic E-state index is 0.0638. The maximum atomic E-state index is 12.5. The first kappa shape index (κ1) is 19.2. The van der Waals surface area contributed by atoms with Crippen LogP contribution >= 0.6 is 11.6 Å². The quantitative estimate of drug-likeness (QED) is 0.614. The van der Waals surface area contributed by atoms with E-state index in [1.807, 2.05) is 6.07 Å². The zero-order chi connectivity index (χ0) is 19.1. The van der Waals surface area contributed by atoms with E-state index in [0.717, 1.165) is 0 Å². The number of nitrogens with zero attached hydrogens (tertiary/aromatic N) is 1. The van der Waals surface area contributed by atoms with Gasteiger partial charge in [0.2, 0.25) is 0 Å². The highest BCUT2D eigenvalue weighted by Crippen LogP contribution is 2.36. The summed E-state index contributed by atoms with van der Waals surface area (Å²) in [5, 5.41) is 12.3. The first-order valence-electron chi connectivity index (χ1n) is 7.51. The lowest BCUT2D eigenvalue weighted by molar-refractivity contribution is -0.112. The third-order valence-corrected chi connectivity index (χ3v) is 3.81. The molecule has 2 aromatic carbocycles. The summed E-state index contributed by atoms with van der Waals surface area (Å²) < 4.78 is 15.4. The van der Waals surface area contributed by atoms with Crippen molar-refractivity contribution in [3.8, 4) is 23.3 Å². The number of nitriles is 1. The largest absolute Gasteiger partial charge is 0.497 e. The number of ether oxygens (including phenoxy) is 3. The number of hydrogen-bond donors (Lipinski definition) is 1. The highest BCUT2D eigenvalue weighted by atomic mass is 35.5. The molecule has 7 heteroatoms. The van der Waals surface area contributed by atoms with Crippen LogP contribution in [0.15, 0.2) is 42.0 Å². The second-order valence-electron chi connectivity index (χ2n) is 5.08. The highest BCUT2D eigenvalue weighted by Gasteiger charge is 2.15. The first-order chi connectivity index (χ1) is 12.5. The number of methoxy groups -OCH3 is 3. The molecular weight excluding hydrogens is 356 g/mol. The number of halogens is 1. The molecule has 1 N–H and O–H groups in total. The second kappa shape index (κ2) is 8.79. The van der Waals surface area contributed by atoms with Crippen molar-refractivity contribution in [2.75, 3.05) is 26.6 Å². The van der Waals surface area contributed by atoms with Crippen LogP contribution in [0, 0.1) is 11.3 Å². The number of carbonyl (C=O) groups is 1. The van der Waals surface area contributed by atoms with Crippen molar-refractivity contribution in [2.45, 2.75) is 0 Å². The van der Waals surface area contributed by atoms with Gasteiger partial charge >= 0.3 is 0 Å². The predicted octanol–water partition coefficient (Wildman–Crippen LogP) is 3.91. The third-order valence-electron chi connectivity index (χ3n) is 3.51. The Balaban J connectivity index is 2.29. The van der Waals surface area contributed by atoms with Crippen LogP contribution in [0.5, 0.6) is 17.2 Å². The summed E-state index contributed by atoms with van der Waals surface area (Å²) >= 11 is 6.05. The van der Waals surface area contributed by atoms with E-state index in [4.69, 9.17) is 25.8 Å². The molecule has 26 heavy (non-hydrogen) atoms. The number of anilines is 1. The fourth-order valence-electron chi connectivity index (χ4n) is 2.16. The monoisotopic (exact) mass is 372 g/mol. The molecule has 0 aliphatic rings. The number of carbonyl (C=O) groups excluding carboxylic acids is 1. The topological polar surface area (TPSA) is 80.6 Å². The molecule has 134 valence electrons. The van der Waals surface area contributed by atoms with Crippen molar-refractivity contribution < 1.29 is 19.0 Å². The summed E-state index contributed by atoms with van der Waals surface area (Å²) in [7, 11) is 4.47. The second-order valence-corrected chi connectivity index (χ2v) is 5.49. The fraction of sp³-hybridized carbons (Fsp3) is 0.158. The van der Waals surface area contributed by atoms with Gasteiger partial charge in [0, 0.05) is 12.1 Å². The number of amides is 1. The van der Waals surface area contributed by atoms with Gasteiger partial charge in [-0.05, 0) is 23.8 Å². The van der Waals surface area contributed by atoms with Gasteiger partial charge in [-0.15, -0.1) is 0 Å². The normalized spacial score (nSPS) is 10.7. The minimum atomic E-state index is -0.578. The van der Waals surface area contributed by atoms with Gasteiger partial charge in [-0.1, -0.05) is 23.7 Å². The Morgan fingerprint density at radius 2 is 1.73 bits per heavy atom. The van der Waals surface area contributed by atoms with Crippen LogP contribution in [0.25, 0.3) is 6.08 Å². The van der Waals surface area contributed by atoms with Gasteiger partial charge in [0.1, 0.15) is 28.9 Å². The number of hydrogen-bond acceptors (Lipinski definition) is 5. The summed E-state index contributed by atoms with van der Waals surface area (Å²) in [4.78, 5) is 12.5. The van der Waals surface area contributed by atoms with Crippen molar-refractivity contribution in [1.82, 2.24) is 0 Å². The van der Waals surface area contributed by atoms with E-state index in [2.05, 4.69) is 5.32 Å². The number of rotatable bonds is 6. The lowest BCUT2D eigenvalue weighted by atomic mass is 10.1. The Kier molecular flexibility index (Phi) is 6.48. The molecule has 0 bridgehead atoms. The van der Waals surface area contributed by atoms with E-state index in [-0.39, 0.29) is 5.57 Å². The fourth-order valence-corrected chi connectivity index (χ4v) is 2.39. The van der Waals surface area contributed by atoms with Crippen LogP contribution in [0.1, 0.15) is 5.56 Å². The molecule has 0 fully saturated rings. The summed E-state index contributed by atoms with van der Waals surface area (Å²) in [5.74, 6) is 0.834. The standard InChI is InChI=1S/C19H17ClN2O4/c1-24-14-6-4-12(5-7-14)8-13(11-21)19(23)22-16-10-17(25-2)15(20)9-18(16)26-3/h4-10H,1-3H3,(H,22,23). The Hall–Kier alpha value is -3.17. The van der Waals surface area contributed by atoms with Gasteiger partial charge in [-0.25, -0.2) is 0 Å². The maximum Gasteiger partial charge on any atom is 0.266 e. The molecule has 1 amide bonds. The Morgan fingerprint density at radius 3 is 2.27 bits per heavy atom. The molecule has 0 atom stereocenters. The van der Waals surface area contributed by atoms with Crippen molar-refractivity contribution >= 4 is 29.3 Å². The van der Waals surface area contributed by atoms with Crippen molar-refractivity contribution in [2.24, 2.45) is 0 Å². The zero-order valence-corrected chi connectivity index (χ0v) is 15.3. The Bertz CT molecular complexity index is 870. The van der Waals surface area contributed by atoms with Gasteiger partial charge in [-0.3, -0.25) is 4.79 Å². The Morgan fingerprint density at radius 1 is 1.08 bits per heavy atom. The van der Waals surface area contributed by atoms with Crippen LogP contribution in [0.3, 0.4) is 0 Å². The van der Waals surface area contributed by atoms with Gasteiger partial charge in [0.05, 0.1) is 32.0 Å². The molecule has 0 radical (unpaired) electrons. The molecule has 0 aromatic heterocycles. The van der Waals surface area contributed by atoms with Crippen LogP contribution < -0.4 is 19.5 Å². The number of benzene rings is 2. The molecule has 0 saturated heterocycles. The average molecular weight is 373 g/mol. The molecule has 2 rings (SSSR count). The van der Waals surface area contributed by atoms with E-state index in [0.29, 0.717) is 33.5 Å². The van der Waals surface area contributed by atoms with Crippen LogP contribution in [0.4, 0.5) is 5.69 Å². The smallest absolute Gasteiger partial charge is 0.266 e. The van der Waals surface area contributed by atoms with E-state index in [9.17, 15) is 10.1 Å². The lowest BCUT2D eigenvalue weighted by Crippen LogP contribution is -2.14. The zero-order valence-electron chi connectivity index (χ0n) is 14.5. The van der Waals surface area contributed by atoms with Gasteiger partial charge in [-0.2, -0.15) is 5.26 Å². The SMILES string of the molecule is COc1ccc(C=C(C#N)C(=O)Nc2cc(OC)c(Cl)cc2OC)cc1. The van der Waals surface area contributed by atoms with E-state index < -0.39 is 5.91 Å². The van der Waals surface area contributed by atoms with Gasteiger partial charge in [0.25, 0.3) is 5.91 Å². The van der Waals surface area contributed by atoms with Gasteiger partial charge < -0.3 is 19.5 Å². The number of nitrogens with one attached hydrogen (secondary N) is 1. The molecule has 6 nitrogen and oxygen atoms in total. The van der Waals surface area contributed by atoms with Crippen LogP contribution in [-0.4, -0.2) is 27.2 Å². The van der Waals surface area contributed by atoms with Crippen molar-refractivity contribution in [3.63, 3.8) is 0 Å². The lowest BCUT2D eigenvalue weighted by Gasteiger charge is -2.13. The van der Waals surface area contributed by atoms with E-state index in [1.165, 1.54) is 32.4 Å². The highest BCUT2D eigenvalue weighted by molar-refractivity contribution is 6.32. The summed E-state index contributed by atoms with van der Waals surface area (Å²) in [6.07, 6.45) is 1.48. The van der Waals surface area contributed by atoms with Gasteiger partial charge in [0.15, 0.2) is 0 Å². The molecule has 0 spiro atoms. The summed E-state index contributed by atoms with van der Waals surface area (Å²) in [5.41, 5.74) is 0.971.